The van der Waals surface area contributed by atoms with Crippen molar-refractivity contribution in [2.75, 3.05) is 20.8 Å². The second-order valence-corrected chi connectivity index (χ2v) is 10.9. The van der Waals surface area contributed by atoms with E-state index in [2.05, 4.69) is 40.4 Å². The second kappa shape index (κ2) is 11.4. The molecule has 6 aromatic rings. The molecule has 0 saturated carbocycles. The summed E-state index contributed by atoms with van der Waals surface area (Å²) in [6, 6.07) is 22.1. The molecule has 7 rings (SSSR count). The van der Waals surface area contributed by atoms with Gasteiger partial charge in [0.1, 0.15) is 35.1 Å². The maximum atomic E-state index is 6.34. The average molecular weight is 584 g/mol. The molecule has 0 amide bonds. The number of imidazole rings is 1. The van der Waals surface area contributed by atoms with Crippen LogP contribution < -0.4 is 18.9 Å². The molecule has 4 heterocycles. The van der Waals surface area contributed by atoms with E-state index in [-0.39, 0.29) is 6.29 Å². The highest BCUT2D eigenvalue weighted by Crippen LogP contribution is 2.38. The minimum atomic E-state index is -0.155. The van der Waals surface area contributed by atoms with Crippen LogP contribution in [0.2, 0.25) is 0 Å². The molecule has 1 aliphatic rings. The zero-order chi connectivity index (χ0) is 28.5. The number of hydrogen-bond donors (Lipinski definition) is 0. The van der Waals surface area contributed by atoms with Crippen LogP contribution in [0, 0.1) is 0 Å². The molecular formula is C32H29N3O6S. The van der Waals surface area contributed by atoms with Crippen molar-refractivity contribution >= 4 is 27.3 Å². The summed E-state index contributed by atoms with van der Waals surface area (Å²) in [6.07, 6.45) is 4.83. The number of ether oxygens (including phenoxy) is 5. The van der Waals surface area contributed by atoms with Gasteiger partial charge in [0.05, 0.1) is 32.4 Å². The van der Waals surface area contributed by atoms with Crippen LogP contribution >= 0.6 is 11.3 Å². The molecule has 42 heavy (non-hydrogen) atoms. The number of rotatable bonds is 9. The van der Waals surface area contributed by atoms with E-state index in [0.717, 1.165) is 58.7 Å². The minimum absolute atomic E-state index is 0.155. The van der Waals surface area contributed by atoms with E-state index in [4.69, 9.17) is 28.1 Å². The number of furan rings is 1. The molecule has 1 atom stereocenters. The van der Waals surface area contributed by atoms with Crippen molar-refractivity contribution < 1.29 is 28.1 Å². The first-order chi connectivity index (χ1) is 20.6. The summed E-state index contributed by atoms with van der Waals surface area (Å²) < 4.78 is 36.6. The maximum Gasteiger partial charge on any atom is 0.294 e. The predicted molar refractivity (Wildman–Crippen MR) is 160 cm³/mol. The lowest BCUT2D eigenvalue weighted by atomic mass is 10.0. The zero-order valence-electron chi connectivity index (χ0n) is 23.2. The summed E-state index contributed by atoms with van der Waals surface area (Å²) in [6.45, 7) is 1.14. The van der Waals surface area contributed by atoms with Crippen LogP contribution in [-0.2, 0) is 11.3 Å². The van der Waals surface area contributed by atoms with Crippen LogP contribution in [0.1, 0.15) is 24.8 Å². The maximum absolute atomic E-state index is 6.34. The Hall–Kier alpha value is -4.54. The third-order valence-electron chi connectivity index (χ3n) is 7.17. The summed E-state index contributed by atoms with van der Waals surface area (Å²) in [5.41, 5.74) is 4.56. The van der Waals surface area contributed by atoms with Gasteiger partial charge in [-0.2, -0.15) is 0 Å². The van der Waals surface area contributed by atoms with Crippen molar-refractivity contribution in [2.45, 2.75) is 32.2 Å². The van der Waals surface area contributed by atoms with Crippen molar-refractivity contribution in [3.63, 3.8) is 0 Å². The van der Waals surface area contributed by atoms with Crippen LogP contribution in [0.25, 0.3) is 38.5 Å². The van der Waals surface area contributed by atoms with E-state index in [1.54, 1.807) is 18.7 Å². The number of methoxy groups -OCH3 is 2. The molecule has 0 aliphatic carbocycles. The largest absolute Gasteiger partial charge is 0.496 e. The first-order valence-electron chi connectivity index (χ1n) is 13.8. The first kappa shape index (κ1) is 26.4. The third-order valence-corrected chi connectivity index (χ3v) is 8.06. The third kappa shape index (κ3) is 5.38. The zero-order valence-corrected chi connectivity index (χ0v) is 24.1. The number of fused-ring (bicyclic) bond motifs is 2. The summed E-state index contributed by atoms with van der Waals surface area (Å²) in [4.78, 5) is 5.36. The van der Waals surface area contributed by atoms with Gasteiger partial charge in [-0.05, 0) is 65.1 Å². The Balaban J connectivity index is 1.09. The Morgan fingerprint density at radius 3 is 2.64 bits per heavy atom. The minimum Gasteiger partial charge on any atom is -0.496 e. The molecule has 9 nitrogen and oxygen atoms in total. The highest BCUT2D eigenvalue weighted by molar-refractivity contribution is 7.18. The molecule has 3 aromatic carbocycles. The Morgan fingerprint density at radius 2 is 1.86 bits per heavy atom. The molecule has 1 fully saturated rings. The summed E-state index contributed by atoms with van der Waals surface area (Å²) >= 11 is 1.36. The molecular weight excluding hydrogens is 554 g/mol. The molecule has 0 N–H and O–H groups in total. The van der Waals surface area contributed by atoms with E-state index in [0.29, 0.717) is 40.3 Å². The lowest BCUT2D eigenvalue weighted by molar-refractivity contribution is -0.105. The summed E-state index contributed by atoms with van der Waals surface area (Å²) in [5.74, 6) is 2.74. The molecule has 214 valence electrons. The Morgan fingerprint density at radius 1 is 0.952 bits per heavy atom. The van der Waals surface area contributed by atoms with E-state index >= 15 is 0 Å². The molecule has 0 radical (unpaired) electrons. The molecule has 1 aliphatic heterocycles. The lowest BCUT2D eigenvalue weighted by Crippen LogP contribution is -2.24. The Labute approximate surface area is 246 Å². The molecule has 1 saturated heterocycles. The van der Waals surface area contributed by atoms with Crippen molar-refractivity contribution in [1.29, 1.82) is 0 Å². The number of aromatic nitrogens is 3. The second-order valence-electron chi connectivity index (χ2n) is 10.0. The summed E-state index contributed by atoms with van der Waals surface area (Å²) in [5, 5.41) is 5.73. The van der Waals surface area contributed by atoms with E-state index in [9.17, 15) is 0 Å². The fourth-order valence-electron chi connectivity index (χ4n) is 5.01. The van der Waals surface area contributed by atoms with Crippen LogP contribution in [0.4, 0.5) is 0 Å². The van der Waals surface area contributed by atoms with E-state index < -0.39 is 0 Å². The quantitative estimate of drug-likeness (QED) is 0.174. The average Bonchev–Trinajstić information content (AvgIpc) is 3.74. The van der Waals surface area contributed by atoms with Gasteiger partial charge in [-0.1, -0.05) is 30.3 Å². The van der Waals surface area contributed by atoms with Gasteiger partial charge in [0.25, 0.3) is 5.19 Å². The van der Waals surface area contributed by atoms with Crippen molar-refractivity contribution in [1.82, 2.24) is 14.6 Å². The molecule has 1 unspecified atom stereocenters. The SMILES string of the molecule is COc1cc(OCc2cccc(-c3ccc(OC4CCCCO4)cc3)c2)c2cc(-c3cn4nc(OC)sc4n3)oc2c1. The molecule has 0 bridgehead atoms. The van der Waals surface area contributed by atoms with Gasteiger partial charge < -0.3 is 28.1 Å². The smallest absolute Gasteiger partial charge is 0.294 e. The number of hydrogen-bond acceptors (Lipinski definition) is 9. The van der Waals surface area contributed by atoms with Crippen LogP contribution in [0.15, 0.2) is 77.3 Å². The topological polar surface area (TPSA) is 89.5 Å². The fraction of sp³-hybridized carbons (Fsp3) is 0.250. The van der Waals surface area contributed by atoms with Gasteiger partial charge in [-0.25, -0.2) is 9.50 Å². The summed E-state index contributed by atoms with van der Waals surface area (Å²) in [7, 11) is 3.21. The Kier molecular flexibility index (Phi) is 7.15. The van der Waals surface area contributed by atoms with Crippen LogP contribution in [-0.4, -0.2) is 41.7 Å². The van der Waals surface area contributed by atoms with Gasteiger partial charge in [0, 0.05) is 18.6 Å². The van der Waals surface area contributed by atoms with E-state index in [1.807, 2.05) is 42.6 Å². The standard InChI is InChI=1S/C32H29N3O6S/c1-36-24-15-27(25-17-29(41-28(25)16-24)26-18-35-31(33-26)42-32(34-35)37-2)39-19-20-6-5-7-22(14-20)21-9-11-23(12-10-21)40-30-8-3-4-13-38-30/h5-7,9-12,14-18,30H,3-4,8,13,19H2,1-2H3. The van der Waals surface area contributed by atoms with Crippen molar-refractivity contribution in [3.8, 4) is 45.0 Å². The normalized spacial score (nSPS) is 15.2. The fourth-order valence-corrected chi connectivity index (χ4v) is 5.71. The van der Waals surface area contributed by atoms with Gasteiger partial charge in [-0.15, -0.1) is 5.10 Å². The number of benzene rings is 3. The van der Waals surface area contributed by atoms with Gasteiger partial charge in [0.2, 0.25) is 4.96 Å². The highest BCUT2D eigenvalue weighted by atomic mass is 32.1. The molecule has 3 aromatic heterocycles. The monoisotopic (exact) mass is 583 g/mol. The van der Waals surface area contributed by atoms with E-state index in [1.165, 1.54) is 11.3 Å². The molecule has 0 spiro atoms. The first-order valence-corrected chi connectivity index (χ1v) is 14.6. The highest BCUT2D eigenvalue weighted by Gasteiger charge is 2.18. The van der Waals surface area contributed by atoms with Gasteiger partial charge in [-0.3, -0.25) is 0 Å². The predicted octanol–water partition coefficient (Wildman–Crippen LogP) is 7.37. The van der Waals surface area contributed by atoms with Crippen LogP contribution in [0.3, 0.4) is 0 Å². The van der Waals surface area contributed by atoms with Crippen molar-refractivity contribution in [2.24, 2.45) is 0 Å². The Bertz CT molecular complexity index is 1800. The number of nitrogens with zero attached hydrogens (tertiary/aromatic N) is 3. The van der Waals surface area contributed by atoms with Gasteiger partial charge in [0.15, 0.2) is 12.1 Å². The lowest BCUT2D eigenvalue weighted by Gasteiger charge is -2.23. The van der Waals surface area contributed by atoms with Crippen LogP contribution in [0.5, 0.6) is 22.4 Å². The van der Waals surface area contributed by atoms with Crippen molar-refractivity contribution in [3.05, 3.63) is 78.5 Å². The van der Waals surface area contributed by atoms with Gasteiger partial charge >= 0.3 is 0 Å². The molecule has 10 heteroatoms.